The molecule has 0 aliphatic heterocycles. The first kappa shape index (κ1) is 15.5. The SMILES string of the molecule is CCCCOCCOCCNc1cccc(Br)c1. The molecular weight excluding hydrogens is 294 g/mol. The normalized spacial score (nSPS) is 10.6. The number of anilines is 1. The molecule has 0 heterocycles. The van der Waals surface area contributed by atoms with Crippen LogP contribution in [0, 0.1) is 0 Å². The third-order valence-electron chi connectivity index (χ3n) is 2.41. The number of hydrogen-bond donors (Lipinski definition) is 1. The summed E-state index contributed by atoms with van der Waals surface area (Å²) < 4.78 is 12.0. The summed E-state index contributed by atoms with van der Waals surface area (Å²) in [5.74, 6) is 0. The van der Waals surface area contributed by atoms with Crippen molar-refractivity contribution < 1.29 is 9.47 Å². The van der Waals surface area contributed by atoms with Crippen LogP contribution in [0.15, 0.2) is 28.7 Å². The molecule has 1 N–H and O–H groups in total. The molecular formula is C14H22BrNO2. The van der Waals surface area contributed by atoms with Crippen LogP contribution in [-0.4, -0.2) is 33.0 Å². The monoisotopic (exact) mass is 315 g/mol. The van der Waals surface area contributed by atoms with Crippen LogP contribution in [0.3, 0.4) is 0 Å². The Bertz CT molecular complexity index is 320. The fourth-order valence-electron chi connectivity index (χ4n) is 1.43. The van der Waals surface area contributed by atoms with Crippen molar-refractivity contribution in [2.75, 3.05) is 38.3 Å². The zero-order valence-corrected chi connectivity index (χ0v) is 12.5. The second kappa shape index (κ2) is 10.4. The fourth-order valence-corrected chi connectivity index (χ4v) is 1.83. The molecule has 0 atom stereocenters. The lowest BCUT2D eigenvalue weighted by Gasteiger charge is -2.08. The maximum atomic E-state index is 5.47. The van der Waals surface area contributed by atoms with E-state index in [-0.39, 0.29) is 0 Å². The second-order valence-electron chi connectivity index (χ2n) is 4.02. The summed E-state index contributed by atoms with van der Waals surface area (Å²) in [5, 5.41) is 3.30. The molecule has 0 fully saturated rings. The average Bonchev–Trinajstić information content (AvgIpc) is 2.37. The largest absolute Gasteiger partial charge is 0.383 e. The van der Waals surface area contributed by atoms with Gasteiger partial charge >= 0.3 is 0 Å². The van der Waals surface area contributed by atoms with E-state index in [4.69, 9.17) is 9.47 Å². The van der Waals surface area contributed by atoms with Gasteiger partial charge in [-0.1, -0.05) is 35.3 Å². The van der Waals surface area contributed by atoms with Gasteiger partial charge in [-0.2, -0.15) is 0 Å². The van der Waals surface area contributed by atoms with Gasteiger partial charge in [0.15, 0.2) is 0 Å². The Balaban J connectivity index is 1.92. The van der Waals surface area contributed by atoms with Crippen LogP contribution in [0.1, 0.15) is 19.8 Å². The zero-order valence-electron chi connectivity index (χ0n) is 11.0. The molecule has 1 rings (SSSR count). The average molecular weight is 316 g/mol. The first-order valence-electron chi connectivity index (χ1n) is 6.48. The molecule has 0 aliphatic rings. The van der Waals surface area contributed by atoms with Crippen LogP contribution < -0.4 is 5.32 Å². The maximum Gasteiger partial charge on any atom is 0.0701 e. The van der Waals surface area contributed by atoms with E-state index in [0.29, 0.717) is 19.8 Å². The minimum absolute atomic E-state index is 0.671. The highest BCUT2D eigenvalue weighted by Crippen LogP contribution is 2.15. The number of ether oxygens (including phenoxy) is 2. The molecule has 1 aromatic rings. The molecule has 0 radical (unpaired) electrons. The molecule has 0 aliphatic carbocycles. The van der Waals surface area contributed by atoms with Crippen molar-refractivity contribution in [2.45, 2.75) is 19.8 Å². The van der Waals surface area contributed by atoms with Crippen LogP contribution in [-0.2, 0) is 9.47 Å². The molecule has 4 heteroatoms. The van der Waals surface area contributed by atoms with Gasteiger partial charge in [-0.05, 0) is 24.6 Å². The Morgan fingerprint density at radius 3 is 2.61 bits per heavy atom. The molecule has 0 spiro atoms. The van der Waals surface area contributed by atoms with Gasteiger partial charge in [0.1, 0.15) is 0 Å². The number of halogens is 1. The van der Waals surface area contributed by atoms with Gasteiger partial charge in [0.2, 0.25) is 0 Å². The topological polar surface area (TPSA) is 30.5 Å². The third kappa shape index (κ3) is 7.69. The first-order valence-corrected chi connectivity index (χ1v) is 7.27. The van der Waals surface area contributed by atoms with Gasteiger partial charge in [-0.25, -0.2) is 0 Å². The Kier molecular flexibility index (Phi) is 8.90. The van der Waals surface area contributed by atoms with Crippen molar-refractivity contribution in [1.29, 1.82) is 0 Å². The van der Waals surface area contributed by atoms with E-state index in [9.17, 15) is 0 Å². The van der Waals surface area contributed by atoms with E-state index in [0.717, 1.165) is 29.7 Å². The van der Waals surface area contributed by atoms with Gasteiger partial charge in [0, 0.05) is 23.3 Å². The van der Waals surface area contributed by atoms with Crippen molar-refractivity contribution >= 4 is 21.6 Å². The number of unbranched alkanes of at least 4 members (excludes halogenated alkanes) is 1. The smallest absolute Gasteiger partial charge is 0.0701 e. The predicted octanol–water partition coefficient (Wildman–Crippen LogP) is 3.69. The molecule has 0 aromatic heterocycles. The van der Waals surface area contributed by atoms with Gasteiger partial charge in [-0.15, -0.1) is 0 Å². The molecule has 0 amide bonds. The van der Waals surface area contributed by atoms with E-state index >= 15 is 0 Å². The predicted molar refractivity (Wildman–Crippen MR) is 79.2 cm³/mol. The van der Waals surface area contributed by atoms with Crippen molar-refractivity contribution in [1.82, 2.24) is 0 Å². The molecule has 0 saturated heterocycles. The quantitative estimate of drug-likeness (QED) is 0.668. The molecule has 0 unspecified atom stereocenters. The van der Waals surface area contributed by atoms with E-state index in [2.05, 4.69) is 28.2 Å². The Morgan fingerprint density at radius 1 is 1.11 bits per heavy atom. The molecule has 0 saturated carbocycles. The van der Waals surface area contributed by atoms with E-state index in [1.165, 1.54) is 6.42 Å². The van der Waals surface area contributed by atoms with Gasteiger partial charge < -0.3 is 14.8 Å². The molecule has 102 valence electrons. The minimum Gasteiger partial charge on any atom is -0.383 e. The summed E-state index contributed by atoms with van der Waals surface area (Å²) in [5.41, 5.74) is 1.10. The second-order valence-corrected chi connectivity index (χ2v) is 4.93. The van der Waals surface area contributed by atoms with Crippen molar-refractivity contribution in [3.63, 3.8) is 0 Å². The van der Waals surface area contributed by atoms with Crippen LogP contribution in [0.2, 0.25) is 0 Å². The van der Waals surface area contributed by atoms with Crippen LogP contribution in [0.25, 0.3) is 0 Å². The van der Waals surface area contributed by atoms with E-state index in [1.807, 2.05) is 24.3 Å². The highest BCUT2D eigenvalue weighted by molar-refractivity contribution is 9.10. The zero-order chi connectivity index (χ0) is 13.1. The summed E-state index contributed by atoms with van der Waals surface area (Å²) in [6, 6.07) is 8.11. The van der Waals surface area contributed by atoms with Crippen LogP contribution >= 0.6 is 15.9 Å². The number of benzene rings is 1. The third-order valence-corrected chi connectivity index (χ3v) is 2.91. The standard InChI is InChI=1S/C14H22BrNO2/c1-2-3-8-17-10-11-18-9-7-16-14-6-4-5-13(15)12-14/h4-6,12,16H,2-3,7-11H2,1H3. The first-order chi connectivity index (χ1) is 8.83. The summed E-state index contributed by atoms with van der Waals surface area (Å²) in [4.78, 5) is 0. The summed E-state index contributed by atoms with van der Waals surface area (Å²) in [6.07, 6.45) is 2.31. The summed E-state index contributed by atoms with van der Waals surface area (Å²) in [6.45, 7) is 5.87. The van der Waals surface area contributed by atoms with E-state index < -0.39 is 0 Å². The molecule has 3 nitrogen and oxygen atoms in total. The van der Waals surface area contributed by atoms with Gasteiger partial charge in [0.05, 0.1) is 19.8 Å². The van der Waals surface area contributed by atoms with Crippen molar-refractivity contribution in [3.05, 3.63) is 28.7 Å². The highest BCUT2D eigenvalue weighted by atomic mass is 79.9. The highest BCUT2D eigenvalue weighted by Gasteiger charge is 1.93. The minimum atomic E-state index is 0.671. The van der Waals surface area contributed by atoms with Crippen molar-refractivity contribution in [3.8, 4) is 0 Å². The van der Waals surface area contributed by atoms with Gasteiger partial charge in [0.25, 0.3) is 0 Å². The van der Waals surface area contributed by atoms with Crippen LogP contribution in [0.4, 0.5) is 5.69 Å². The molecule has 18 heavy (non-hydrogen) atoms. The Hall–Kier alpha value is -0.580. The Labute approximate surface area is 118 Å². The molecule has 1 aromatic carbocycles. The van der Waals surface area contributed by atoms with Gasteiger partial charge in [-0.3, -0.25) is 0 Å². The van der Waals surface area contributed by atoms with E-state index in [1.54, 1.807) is 0 Å². The number of rotatable bonds is 10. The van der Waals surface area contributed by atoms with Crippen molar-refractivity contribution in [2.24, 2.45) is 0 Å². The summed E-state index contributed by atoms with van der Waals surface area (Å²) in [7, 11) is 0. The van der Waals surface area contributed by atoms with Crippen LogP contribution in [0.5, 0.6) is 0 Å². The maximum absolute atomic E-state index is 5.47. The lowest BCUT2D eigenvalue weighted by Crippen LogP contribution is -2.12. The lowest BCUT2D eigenvalue weighted by atomic mass is 10.3. The number of nitrogens with one attached hydrogen (secondary N) is 1. The molecule has 0 bridgehead atoms. The lowest BCUT2D eigenvalue weighted by molar-refractivity contribution is 0.0505. The number of hydrogen-bond acceptors (Lipinski definition) is 3. The summed E-state index contributed by atoms with van der Waals surface area (Å²) >= 11 is 3.44. The fraction of sp³-hybridized carbons (Fsp3) is 0.571. The Morgan fingerprint density at radius 2 is 1.89 bits per heavy atom.